The first-order chi connectivity index (χ1) is 9.39. The lowest BCUT2D eigenvalue weighted by Gasteiger charge is -2.41. The van der Waals surface area contributed by atoms with Gasteiger partial charge in [0.25, 0.3) is 0 Å². The van der Waals surface area contributed by atoms with Gasteiger partial charge in [-0.25, -0.2) is 0 Å². The molecule has 1 heterocycles. The minimum absolute atomic E-state index is 0.0589. The number of hydrogen-bond acceptors (Lipinski definition) is 3. The van der Waals surface area contributed by atoms with Crippen molar-refractivity contribution in [1.29, 1.82) is 5.26 Å². The third kappa shape index (κ3) is 3.58. The predicted octanol–water partition coefficient (Wildman–Crippen LogP) is 2.13. The highest BCUT2D eigenvalue weighted by molar-refractivity contribution is 5.79. The van der Waals surface area contributed by atoms with Crippen LogP contribution in [0.4, 0.5) is 0 Å². The number of amides is 1. The molecule has 0 radical (unpaired) electrons. The van der Waals surface area contributed by atoms with Crippen molar-refractivity contribution in [2.24, 2.45) is 0 Å². The highest BCUT2D eigenvalue weighted by atomic mass is 16.5. The number of carbonyl (C=O) groups excluding carboxylic acids is 1. The monoisotopic (exact) mass is 272 g/mol. The number of hydrogen-bond donors (Lipinski definition) is 0. The third-order valence-electron chi connectivity index (χ3n) is 3.36. The summed E-state index contributed by atoms with van der Waals surface area (Å²) in [6, 6.07) is 9.24. The fourth-order valence-electron chi connectivity index (χ4n) is 2.63. The summed E-state index contributed by atoms with van der Waals surface area (Å²) in [5.74, 6) is 0.109. The number of carbonyl (C=O) groups is 1. The largest absolute Gasteiger partial charge is 0.369 e. The maximum absolute atomic E-state index is 12.4. The highest BCUT2D eigenvalue weighted by Gasteiger charge is 2.33. The van der Waals surface area contributed by atoms with Gasteiger partial charge in [0.2, 0.25) is 5.91 Å². The van der Waals surface area contributed by atoms with E-state index in [1.54, 1.807) is 12.1 Å². The van der Waals surface area contributed by atoms with Crippen molar-refractivity contribution in [2.45, 2.75) is 38.9 Å². The van der Waals surface area contributed by atoms with Gasteiger partial charge in [-0.3, -0.25) is 4.79 Å². The summed E-state index contributed by atoms with van der Waals surface area (Å²) < 4.78 is 5.80. The van der Waals surface area contributed by atoms with Crippen molar-refractivity contribution in [3.63, 3.8) is 0 Å². The summed E-state index contributed by atoms with van der Waals surface area (Å²) in [7, 11) is 0. The molecule has 1 aromatic rings. The van der Waals surface area contributed by atoms with Crippen LogP contribution in [0.5, 0.6) is 0 Å². The molecule has 1 aliphatic heterocycles. The summed E-state index contributed by atoms with van der Waals surface area (Å²) in [5, 5.41) is 8.76. The molecule has 0 aliphatic carbocycles. The molecule has 4 heteroatoms. The molecule has 106 valence electrons. The lowest BCUT2D eigenvalue weighted by Crippen LogP contribution is -2.54. The Bertz CT molecular complexity index is 528. The summed E-state index contributed by atoms with van der Waals surface area (Å²) in [4.78, 5) is 14.2. The Labute approximate surface area is 120 Å². The Balaban J connectivity index is 2.02. The zero-order valence-corrected chi connectivity index (χ0v) is 12.2. The van der Waals surface area contributed by atoms with Gasteiger partial charge in [0.1, 0.15) is 0 Å². The van der Waals surface area contributed by atoms with E-state index in [1.807, 2.05) is 37.8 Å². The fourth-order valence-corrected chi connectivity index (χ4v) is 2.63. The van der Waals surface area contributed by atoms with Gasteiger partial charge < -0.3 is 9.64 Å². The summed E-state index contributed by atoms with van der Waals surface area (Å²) >= 11 is 0. The van der Waals surface area contributed by atoms with Crippen LogP contribution in [0, 0.1) is 11.3 Å². The molecule has 0 spiro atoms. The average molecular weight is 272 g/mol. The van der Waals surface area contributed by atoms with E-state index in [4.69, 9.17) is 10.00 Å². The van der Waals surface area contributed by atoms with Crippen molar-refractivity contribution in [1.82, 2.24) is 4.90 Å². The summed E-state index contributed by atoms with van der Waals surface area (Å²) in [5.41, 5.74) is 1.26. The molecule has 4 nitrogen and oxygen atoms in total. The van der Waals surface area contributed by atoms with Crippen LogP contribution < -0.4 is 0 Å². The van der Waals surface area contributed by atoms with Gasteiger partial charge >= 0.3 is 0 Å². The maximum atomic E-state index is 12.4. The molecule has 1 saturated heterocycles. The van der Waals surface area contributed by atoms with Crippen LogP contribution in [-0.2, 0) is 16.0 Å². The van der Waals surface area contributed by atoms with Crippen molar-refractivity contribution in [2.75, 3.05) is 13.1 Å². The first-order valence-corrected chi connectivity index (χ1v) is 6.84. The van der Waals surface area contributed by atoms with Gasteiger partial charge in [0.05, 0.1) is 29.8 Å². The zero-order valence-electron chi connectivity index (χ0n) is 12.2. The van der Waals surface area contributed by atoms with Gasteiger partial charge in [-0.1, -0.05) is 12.1 Å². The second-order valence-electron chi connectivity index (χ2n) is 5.95. The second kappa shape index (κ2) is 5.64. The lowest BCUT2D eigenvalue weighted by molar-refractivity contribution is -0.157. The molecule has 1 unspecified atom stereocenters. The topological polar surface area (TPSA) is 53.3 Å². The molecule has 0 aromatic heterocycles. The van der Waals surface area contributed by atoms with Crippen LogP contribution >= 0.6 is 0 Å². The van der Waals surface area contributed by atoms with Crippen LogP contribution in [0.15, 0.2) is 24.3 Å². The number of nitriles is 1. The SMILES string of the molecule is CC1CN(C(=O)Cc2ccc(C#N)cc2)CC(C)(C)O1. The van der Waals surface area contributed by atoms with Gasteiger partial charge in [-0.2, -0.15) is 5.26 Å². The molecule has 1 atom stereocenters. The molecule has 20 heavy (non-hydrogen) atoms. The number of rotatable bonds is 2. The molecule has 1 aliphatic rings. The Hall–Kier alpha value is -1.86. The minimum atomic E-state index is -0.294. The predicted molar refractivity (Wildman–Crippen MR) is 76.1 cm³/mol. The number of nitrogens with zero attached hydrogens (tertiary/aromatic N) is 2. The minimum Gasteiger partial charge on any atom is -0.369 e. The van der Waals surface area contributed by atoms with Crippen LogP contribution in [-0.4, -0.2) is 35.6 Å². The van der Waals surface area contributed by atoms with Crippen LogP contribution in [0.2, 0.25) is 0 Å². The first-order valence-electron chi connectivity index (χ1n) is 6.84. The molecule has 0 bridgehead atoms. The molecule has 1 aromatic carbocycles. The van der Waals surface area contributed by atoms with E-state index >= 15 is 0 Å². The molecule has 0 saturated carbocycles. The Morgan fingerprint density at radius 3 is 2.65 bits per heavy atom. The average Bonchev–Trinajstić information content (AvgIpc) is 2.37. The van der Waals surface area contributed by atoms with E-state index in [1.165, 1.54) is 0 Å². The van der Waals surface area contributed by atoms with Crippen LogP contribution in [0.3, 0.4) is 0 Å². The van der Waals surface area contributed by atoms with E-state index in [2.05, 4.69) is 6.07 Å². The number of benzene rings is 1. The van der Waals surface area contributed by atoms with Gasteiger partial charge in [0, 0.05) is 13.1 Å². The normalized spacial score (nSPS) is 21.3. The maximum Gasteiger partial charge on any atom is 0.227 e. The van der Waals surface area contributed by atoms with E-state index < -0.39 is 0 Å². The Kier molecular flexibility index (Phi) is 4.10. The lowest BCUT2D eigenvalue weighted by atomic mass is 10.0. The summed E-state index contributed by atoms with van der Waals surface area (Å²) in [6.45, 7) is 7.25. The molecule has 1 fully saturated rings. The van der Waals surface area contributed by atoms with Crippen LogP contribution in [0.1, 0.15) is 31.9 Å². The second-order valence-corrected chi connectivity index (χ2v) is 5.95. The number of ether oxygens (including phenoxy) is 1. The third-order valence-corrected chi connectivity index (χ3v) is 3.36. The number of morpholine rings is 1. The Morgan fingerprint density at radius 2 is 2.10 bits per heavy atom. The van der Waals surface area contributed by atoms with E-state index in [0.29, 0.717) is 25.1 Å². The van der Waals surface area contributed by atoms with Crippen molar-refractivity contribution in [3.8, 4) is 6.07 Å². The molecule has 0 N–H and O–H groups in total. The van der Waals surface area contributed by atoms with E-state index in [9.17, 15) is 4.79 Å². The molecule has 1 amide bonds. The fraction of sp³-hybridized carbons (Fsp3) is 0.500. The van der Waals surface area contributed by atoms with Gasteiger partial charge in [-0.05, 0) is 38.5 Å². The smallest absolute Gasteiger partial charge is 0.227 e. The highest BCUT2D eigenvalue weighted by Crippen LogP contribution is 2.21. The molecule has 2 rings (SSSR count). The van der Waals surface area contributed by atoms with Gasteiger partial charge in [-0.15, -0.1) is 0 Å². The van der Waals surface area contributed by atoms with Crippen molar-refractivity contribution >= 4 is 5.91 Å². The van der Waals surface area contributed by atoms with Crippen LogP contribution in [0.25, 0.3) is 0 Å². The van der Waals surface area contributed by atoms with Crippen molar-refractivity contribution < 1.29 is 9.53 Å². The Morgan fingerprint density at radius 1 is 1.45 bits per heavy atom. The molecular weight excluding hydrogens is 252 g/mol. The molecular formula is C16H20N2O2. The van der Waals surface area contributed by atoms with E-state index in [0.717, 1.165) is 5.56 Å². The quantitative estimate of drug-likeness (QED) is 0.828. The van der Waals surface area contributed by atoms with Crippen molar-refractivity contribution in [3.05, 3.63) is 35.4 Å². The van der Waals surface area contributed by atoms with E-state index in [-0.39, 0.29) is 17.6 Å². The zero-order chi connectivity index (χ0) is 14.8. The standard InChI is InChI=1S/C16H20N2O2/c1-12-10-18(11-16(2,3)20-12)15(19)8-13-4-6-14(9-17)7-5-13/h4-7,12H,8,10-11H2,1-3H3. The summed E-state index contributed by atoms with van der Waals surface area (Å²) in [6.07, 6.45) is 0.429. The van der Waals surface area contributed by atoms with Gasteiger partial charge in [0.15, 0.2) is 0 Å². The first kappa shape index (κ1) is 14.5.